The summed E-state index contributed by atoms with van der Waals surface area (Å²) in [5, 5.41) is 4.99. The molecule has 0 heterocycles. The van der Waals surface area contributed by atoms with E-state index in [9.17, 15) is 0 Å². The molecule has 0 amide bonds. The molecule has 2 aromatic rings. The average molecular weight is 355 g/mol. The molecular formula is C17H14Cl3NO. The summed E-state index contributed by atoms with van der Waals surface area (Å²) in [6.07, 6.45) is 5.23. The molecule has 2 aromatic carbocycles. The van der Waals surface area contributed by atoms with Crippen LogP contribution in [0, 0.1) is 19.3 Å². The molecule has 114 valence electrons. The summed E-state index contributed by atoms with van der Waals surface area (Å²) in [5.41, 5.74) is 2.74. The summed E-state index contributed by atoms with van der Waals surface area (Å²) in [7, 11) is 0. The van der Waals surface area contributed by atoms with Gasteiger partial charge < -0.3 is 10.1 Å². The van der Waals surface area contributed by atoms with Gasteiger partial charge in [-0.3, -0.25) is 0 Å². The molecule has 0 unspecified atom stereocenters. The van der Waals surface area contributed by atoms with Crippen LogP contribution in [0.2, 0.25) is 15.1 Å². The number of ether oxygens (including phenoxy) is 1. The molecular weight excluding hydrogens is 341 g/mol. The van der Waals surface area contributed by atoms with Crippen LogP contribution in [0.15, 0.2) is 30.3 Å². The van der Waals surface area contributed by atoms with Gasteiger partial charge in [0.05, 0.1) is 5.02 Å². The number of benzene rings is 2. The number of anilines is 1. The van der Waals surface area contributed by atoms with E-state index in [1.54, 1.807) is 12.1 Å². The highest BCUT2D eigenvalue weighted by Gasteiger charge is 2.11. The molecule has 0 aliphatic carbocycles. The van der Waals surface area contributed by atoms with Crippen LogP contribution in [-0.4, -0.2) is 6.61 Å². The third kappa shape index (κ3) is 4.01. The van der Waals surface area contributed by atoms with Crippen LogP contribution in [0.3, 0.4) is 0 Å². The van der Waals surface area contributed by atoms with Crippen LogP contribution in [0.1, 0.15) is 11.1 Å². The highest BCUT2D eigenvalue weighted by atomic mass is 35.5. The van der Waals surface area contributed by atoms with Gasteiger partial charge in [0.1, 0.15) is 12.4 Å². The lowest BCUT2D eigenvalue weighted by Crippen LogP contribution is -2.05. The van der Waals surface area contributed by atoms with Gasteiger partial charge in [0.25, 0.3) is 0 Å². The van der Waals surface area contributed by atoms with Crippen molar-refractivity contribution in [2.24, 2.45) is 0 Å². The Bertz CT molecular complexity index is 723. The second-order valence-electron chi connectivity index (χ2n) is 4.63. The zero-order chi connectivity index (χ0) is 16.1. The van der Waals surface area contributed by atoms with E-state index >= 15 is 0 Å². The molecule has 0 atom stereocenters. The highest BCUT2D eigenvalue weighted by Crippen LogP contribution is 2.33. The fourth-order valence-corrected chi connectivity index (χ4v) is 2.77. The van der Waals surface area contributed by atoms with Crippen molar-refractivity contribution in [1.82, 2.24) is 0 Å². The van der Waals surface area contributed by atoms with Crippen LogP contribution >= 0.6 is 34.8 Å². The summed E-state index contributed by atoms with van der Waals surface area (Å²) in [6.45, 7) is 2.58. The fourth-order valence-electron chi connectivity index (χ4n) is 2.01. The Labute approximate surface area is 145 Å². The van der Waals surface area contributed by atoms with Crippen molar-refractivity contribution in [3.8, 4) is 18.1 Å². The van der Waals surface area contributed by atoms with Gasteiger partial charge in [-0.2, -0.15) is 0 Å². The molecule has 0 fully saturated rings. The third-order valence-corrected chi connectivity index (χ3v) is 4.03. The molecule has 5 heteroatoms. The first-order valence-corrected chi connectivity index (χ1v) is 7.69. The number of halogens is 3. The maximum absolute atomic E-state index is 6.18. The second kappa shape index (κ2) is 7.65. The van der Waals surface area contributed by atoms with Crippen LogP contribution in [0.25, 0.3) is 0 Å². The maximum atomic E-state index is 6.18. The number of hydrogen-bond donors (Lipinski definition) is 1. The van der Waals surface area contributed by atoms with E-state index in [-0.39, 0.29) is 6.61 Å². The number of hydrogen-bond acceptors (Lipinski definition) is 2. The predicted octanol–water partition coefficient (Wildman–Crippen LogP) is 5.58. The maximum Gasteiger partial charge on any atom is 0.148 e. The fraction of sp³-hybridized carbons (Fsp3) is 0.176. The zero-order valence-electron chi connectivity index (χ0n) is 11.9. The van der Waals surface area contributed by atoms with Crippen LogP contribution in [-0.2, 0) is 6.54 Å². The van der Waals surface area contributed by atoms with Gasteiger partial charge in [0.2, 0.25) is 0 Å². The van der Waals surface area contributed by atoms with Crippen LogP contribution < -0.4 is 10.1 Å². The molecule has 22 heavy (non-hydrogen) atoms. The van der Waals surface area contributed by atoms with E-state index < -0.39 is 0 Å². The first-order valence-electron chi connectivity index (χ1n) is 6.56. The van der Waals surface area contributed by atoms with E-state index in [1.807, 2.05) is 25.1 Å². The molecule has 0 aliphatic heterocycles. The Balaban J connectivity index is 2.25. The molecule has 0 aromatic heterocycles. The van der Waals surface area contributed by atoms with Crippen LogP contribution in [0.5, 0.6) is 5.75 Å². The minimum Gasteiger partial charge on any atom is -0.479 e. The summed E-state index contributed by atoms with van der Waals surface area (Å²) in [4.78, 5) is 0. The molecule has 1 N–H and O–H groups in total. The van der Waals surface area contributed by atoms with Gasteiger partial charge in [0.15, 0.2) is 0 Å². The third-order valence-electron chi connectivity index (χ3n) is 3.12. The Hall–Kier alpha value is -1.53. The summed E-state index contributed by atoms with van der Waals surface area (Å²) in [5.74, 6) is 2.96. The second-order valence-corrected chi connectivity index (χ2v) is 5.89. The molecule has 2 nitrogen and oxygen atoms in total. The molecule has 0 aliphatic rings. The van der Waals surface area contributed by atoms with E-state index in [1.165, 1.54) is 0 Å². The number of rotatable bonds is 5. The van der Waals surface area contributed by atoms with Gasteiger partial charge in [-0.05, 0) is 36.8 Å². The molecule has 0 bridgehead atoms. The quantitative estimate of drug-likeness (QED) is 0.708. The number of terminal acetylenes is 1. The highest BCUT2D eigenvalue weighted by molar-refractivity contribution is 6.35. The van der Waals surface area contributed by atoms with E-state index in [2.05, 4.69) is 11.2 Å². The lowest BCUT2D eigenvalue weighted by molar-refractivity contribution is 0.367. The topological polar surface area (TPSA) is 21.3 Å². The SMILES string of the molecule is C#CCOc1c(Cl)cc(Cl)cc1CNc1cccc(Cl)c1C. The normalized spacial score (nSPS) is 10.1. The van der Waals surface area contributed by atoms with Crippen molar-refractivity contribution >= 4 is 40.5 Å². The van der Waals surface area contributed by atoms with Gasteiger partial charge in [-0.1, -0.05) is 46.8 Å². The first-order chi connectivity index (χ1) is 10.5. The lowest BCUT2D eigenvalue weighted by Gasteiger charge is -2.15. The largest absolute Gasteiger partial charge is 0.479 e. The predicted molar refractivity (Wildman–Crippen MR) is 94.3 cm³/mol. The van der Waals surface area contributed by atoms with Crippen molar-refractivity contribution in [2.75, 3.05) is 11.9 Å². The minimum absolute atomic E-state index is 0.143. The van der Waals surface area contributed by atoms with Crippen molar-refractivity contribution < 1.29 is 4.74 Å². The van der Waals surface area contributed by atoms with E-state index in [0.29, 0.717) is 27.4 Å². The van der Waals surface area contributed by atoms with Gasteiger partial charge in [0, 0.05) is 27.8 Å². The smallest absolute Gasteiger partial charge is 0.148 e. The Morgan fingerprint density at radius 1 is 1.18 bits per heavy atom. The Morgan fingerprint density at radius 2 is 1.95 bits per heavy atom. The zero-order valence-corrected chi connectivity index (χ0v) is 14.2. The molecule has 0 saturated heterocycles. The van der Waals surface area contributed by atoms with E-state index in [4.69, 9.17) is 46.0 Å². The minimum atomic E-state index is 0.143. The van der Waals surface area contributed by atoms with Crippen molar-refractivity contribution in [3.63, 3.8) is 0 Å². The van der Waals surface area contributed by atoms with Crippen molar-refractivity contribution in [2.45, 2.75) is 13.5 Å². The molecule has 0 spiro atoms. The van der Waals surface area contributed by atoms with E-state index in [0.717, 1.165) is 16.8 Å². The molecule has 0 radical (unpaired) electrons. The average Bonchev–Trinajstić information content (AvgIpc) is 2.47. The van der Waals surface area contributed by atoms with Crippen molar-refractivity contribution in [1.29, 1.82) is 0 Å². The van der Waals surface area contributed by atoms with Gasteiger partial charge in [-0.25, -0.2) is 0 Å². The molecule has 0 saturated carbocycles. The number of nitrogens with one attached hydrogen (secondary N) is 1. The Kier molecular flexibility index (Phi) is 5.85. The van der Waals surface area contributed by atoms with Crippen LogP contribution in [0.4, 0.5) is 5.69 Å². The molecule has 2 rings (SSSR count). The first kappa shape index (κ1) is 16.8. The van der Waals surface area contributed by atoms with Gasteiger partial charge in [-0.15, -0.1) is 6.42 Å². The Morgan fingerprint density at radius 3 is 2.68 bits per heavy atom. The summed E-state index contributed by atoms with van der Waals surface area (Å²) < 4.78 is 5.52. The van der Waals surface area contributed by atoms with Gasteiger partial charge >= 0.3 is 0 Å². The standard InChI is InChI=1S/C17H14Cl3NO/c1-3-7-22-17-12(8-13(18)9-15(17)20)10-21-16-6-4-5-14(19)11(16)2/h1,4-6,8-9,21H,7,10H2,2H3. The lowest BCUT2D eigenvalue weighted by atomic mass is 10.1. The summed E-state index contributed by atoms with van der Waals surface area (Å²) >= 11 is 18.4. The monoisotopic (exact) mass is 353 g/mol. The van der Waals surface area contributed by atoms with Crippen molar-refractivity contribution in [3.05, 3.63) is 56.5 Å². The summed E-state index contributed by atoms with van der Waals surface area (Å²) in [6, 6.07) is 9.11.